The number of ether oxygens (including phenoxy) is 6. The van der Waals surface area contributed by atoms with Crippen molar-refractivity contribution in [1.82, 2.24) is 19.7 Å². The van der Waals surface area contributed by atoms with Crippen molar-refractivity contribution in [3.8, 4) is 5.69 Å². The molecule has 0 saturated carbocycles. The fourth-order valence-corrected chi connectivity index (χ4v) is 9.25. The molecule has 0 aliphatic carbocycles. The van der Waals surface area contributed by atoms with E-state index in [0.717, 1.165) is 5.69 Å². The van der Waals surface area contributed by atoms with E-state index in [9.17, 15) is 19.5 Å². The Bertz CT molecular complexity index is 1920. The molecule has 13 atom stereocenters. The third-order valence-electron chi connectivity index (χ3n) is 12.6. The van der Waals surface area contributed by atoms with Gasteiger partial charge in [-0.3, -0.25) is 19.4 Å². The molecule has 5 heterocycles. The molecule has 2 aromatic heterocycles. The average molecular weight is 881 g/mol. The van der Waals surface area contributed by atoms with Gasteiger partial charge in [0.2, 0.25) is 5.91 Å². The van der Waals surface area contributed by atoms with Gasteiger partial charge in [0.15, 0.2) is 18.7 Å². The minimum Gasteiger partial charge on any atom is -0.459 e. The van der Waals surface area contributed by atoms with E-state index in [0.29, 0.717) is 23.5 Å². The number of ketones is 1. The van der Waals surface area contributed by atoms with Gasteiger partial charge >= 0.3 is 5.97 Å². The molecule has 2 aromatic rings. The Morgan fingerprint density at radius 2 is 1.87 bits per heavy atom. The van der Waals surface area contributed by atoms with E-state index in [-0.39, 0.29) is 51.4 Å². The molecule has 0 aromatic carbocycles. The van der Waals surface area contributed by atoms with Crippen LogP contribution >= 0.6 is 0 Å². The van der Waals surface area contributed by atoms with Crippen LogP contribution in [0.3, 0.4) is 0 Å². The maximum absolute atomic E-state index is 14.7. The summed E-state index contributed by atoms with van der Waals surface area (Å²) < 4.78 is 41.5. The zero-order valence-corrected chi connectivity index (χ0v) is 38.8. The summed E-state index contributed by atoms with van der Waals surface area (Å²) >= 11 is 0. The number of aliphatic imine (C=N–C) groups is 1. The van der Waals surface area contributed by atoms with Gasteiger partial charge < -0.3 is 43.3 Å². The summed E-state index contributed by atoms with van der Waals surface area (Å²) in [6.07, 6.45) is 2.19. The second kappa shape index (κ2) is 21.6. The first-order chi connectivity index (χ1) is 29.8. The smallest absolute Gasteiger partial charge is 0.316 e. The number of carbonyl (C=O) groups excluding carboxylic acids is 3. The van der Waals surface area contributed by atoms with Crippen molar-refractivity contribution in [2.45, 2.75) is 142 Å². The lowest BCUT2D eigenvalue weighted by molar-refractivity contribution is -0.296. The topological polar surface area (TPSA) is 195 Å². The highest BCUT2D eigenvalue weighted by molar-refractivity contribution is 6.00. The van der Waals surface area contributed by atoms with Crippen molar-refractivity contribution in [3.63, 3.8) is 0 Å². The molecule has 17 heteroatoms. The van der Waals surface area contributed by atoms with E-state index >= 15 is 0 Å². The fraction of sp³-hybridized carbons (Fsp3) is 0.674. The normalized spacial score (nSPS) is 36.3. The van der Waals surface area contributed by atoms with Crippen molar-refractivity contribution in [1.29, 1.82) is 0 Å². The van der Waals surface area contributed by atoms with E-state index in [2.05, 4.69) is 26.8 Å². The summed E-state index contributed by atoms with van der Waals surface area (Å²) in [7, 11) is 3.75. The van der Waals surface area contributed by atoms with Crippen molar-refractivity contribution in [2.75, 3.05) is 33.9 Å². The van der Waals surface area contributed by atoms with Crippen LogP contribution in [0.25, 0.3) is 5.69 Å². The number of hydrogen-bond donors (Lipinski definition) is 1. The first kappa shape index (κ1) is 49.8. The molecule has 0 spiro atoms. The van der Waals surface area contributed by atoms with Crippen molar-refractivity contribution < 1.29 is 52.7 Å². The van der Waals surface area contributed by atoms with Crippen LogP contribution in [-0.2, 0) is 54.2 Å². The molecule has 5 rings (SSSR count). The van der Waals surface area contributed by atoms with Gasteiger partial charge in [-0.1, -0.05) is 38.9 Å². The lowest BCUT2D eigenvalue weighted by atomic mass is 9.73. The Kier molecular flexibility index (Phi) is 17.1. The van der Waals surface area contributed by atoms with Crippen LogP contribution in [0.4, 0.5) is 0 Å². The average Bonchev–Trinajstić information content (AvgIpc) is 3.79. The van der Waals surface area contributed by atoms with E-state index in [1.165, 1.54) is 13.8 Å². The van der Waals surface area contributed by atoms with Crippen molar-refractivity contribution in [2.24, 2.45) is 33.8 Å². The number of Topliss-reactive ketones (excluding diaryl/α,β-unsaturated/α-hetero) is 1. The standard InChI is InChI=1S/C46H68N6O11/c1-13-20-58-46(10)37(14-2)62-43(56)31(7)39(54)30(6)41(63-44-40(55)36(51(11)12)21-28(4)61-44)45(9)22-27(3)38(49-32(8)53)29(5)42(46)57-24-34(25-59-45)50-60-26-33-16-17-35(23-47-33)52-19-15-18-48-52/h13,15-19,23,27-31,36-37,40-42,44,55H,1,14,20-22,24-26H2,2-12H3/b49-38?,50-34+/t27-,28-,29+,30+,31?,36+,37-,40-,41-,42+,44+,45-,46-/m1/s1. The number of esters is 1. The monoisotopic (exact) mass is 880 g/mol. The number of carbonyl (C=O) groups is 3. The summed E-state index contributed by atoms with van der Waals surface area (Å²) in [5.74, 6) is -5.02. The summed E-state index contributed by atoms with van der Waals surface area (Å²) in [4.78, 5) is 58.9. The summed E-state index contributed by atoms with van der Waals surface area (Å²) in [5, 5.41) is 20.5. The Morgan fingerprint density at radius 3 is 2.49 bits per heavy atom. The molecule has 348 valence electrons. The number of likely N-dealkylation sites (N-methyl/N-ethyl adjacent to an activating group) is 1. The molecule has 3 saturated heterocycles. The van der Waals surface area contributed by atoms with Crippen LogP contribution in [-0.4, -0.2) is 142 Å². The Labute approximate surface area is 371 Å². The van der Waals surface area contributed by atoms with Crippen molar-refractivity contribution in [3.05, 3.63) is 55.1 Å². The molecule has 1 unspecified atom stereocenters. The molecule has 1 N–H and O–H groups in total. The van der Waals surface area contributed by atoms with Crippen LogP contribution in [0.2, 0.25) is 0 Å². The molecule has 3 aliphatic heterocycles. The van der Waals surface area contributed by atoms with E-state index in [1.807, 2.05) is 78.0 Å². The first-order valence-corrected chi connectivity index (χ1v) is 21.9. The van der Waals surface area contributed by atoms with Crippen LogP contribution in [0.1, 0.15) is 87.3 Å². The zero-order chi connectivity index (χ0) is 46.2. The largest absolute Gasteiger partial charge is 0.459 e. The number of hydrogen-bond acceptors (Lipinski definition) is 15. The quantitative estimate of drug-likeness (QED) is 0.138. The SMILES string of the molecule is C=CCO[C@]1(C)[C@@H](CC)OC(=O)C(C)C(=O)[C@H](C)[C@@H](O[C@@H]2O[C@H](C)C[C@H](N(C)C)[C@H]2O)[C@@]2(C)C[C@@H](C)C(=NC(C)=O)[C@H](C)[C@@H]1OC/C(=N\OCc1ccc(-n3cccn3)cn1)CO2. The van der Waals surface area contributed by atoms with Gasteiger partial charge in [0, 0.05) is 42.9 Å². The molecule has 3 fully saturated rings. The van der Waals surface area contributed by atoms with Gasteiger partial charge in [0.1, 0.15) is 29.4 Å². The number of aromatic nitrogens is 3. The number of fused-ring (bicyclic) bond motifs is 5. The molecule has 63 heavy (non-hydrogen) atoms. The van der Waals surface area contributed by atoms with Crippen LogP contribution in [0.15, 0.2) is 59.6 Å². The number of oxime groups is 1. The number of rotatable bonds is 11. The number of aliphatic hydroxyl groups is 1. The van der Waals surface area contributed by atoms with E-state index in [4.69, 9.17) is 33.3 Å². The summed E-state index contributed by atoms with van der Waals surface area (Å²) in [6, 6.07) is 5.19. The van der Waals surface area contributed by atoms with E-state index in [1.54, 1.807) is 37.0 Å². The second-order valence-electron chi connectivity index (χ2n) is 17.8. The number of aliphatic hydroxyl groups excluding tert-OH is 1. The lowest BCUT2D eigenvalue weighted by Gasteiger charge is -2.48. The highest BCUT2D eigenvalue weighted by atomic mass is 16.7. The minimum absolute atomic E-state index is 0.0117. The molecule has 17 nitrogen and oxygen atoms in total. The first-order valence-electron chi connectivity index (χ1n) is 21.9. The molecule has 2 bridgehead atoms. The van der Waals surface area contributed by atoms with Gasteiger partial charge in [-0.15, -0.1) is 6.58 Å². The number of pyridine rings is 1. The molecular formula is C46H68N6O11. The van der Waals surface area contributed by atoms with Gasteiger partial charge in [-0.2, -0.15) is 5.10 Å². The fourth-order valence-electron chi connectivity index (χ4n) is 9.25. The summed E-state index contributed by atoms with van der Waals surface area (Å²) in [6.45, 7) is 19.4. The maximum Gasteiger partial charge on any atom is 0.316 e. The molecule has 1 amide bonds. The van der Waals surface area contributed by atoms with Gasteiger partial charge in [0.25, 0.3) is 0 Å². The predicted molar refractivity (Wildman–Crippen MR) is 234 cm³/mol. The summed E-state index contributed by atoms with van der Waals surface area (Å²) in [5.41, 5.74) is -0.574. The molecule has 0 radical (unpaired) electrons. The lowest BCUT2D eigenvalue weighted by Crippen LogP contribution is -2.60. The van der Waals surface area contributed by atoms with Gasteiger partial charge in [-0.05, 0) is 85.2 Å². The Morgan fingerprint density at radius 1 is 1.13 bits per heavy atom. The number of cyclic esters (lactones) is 1. The van der Waals surface area contributed by atoms with E-state index < -0.39 is 83.2 Å². The number of nitrogens with zero attached hydrogens (tertiary/aromatic N) is 6. The van der Waals surface area contributed by atoms with Gasteiger partial charge in [0.05, 0.1) is 61.3 Å². The molecular weight excluding hydrogens is 813 g/mol. The van der Waals surface area contributed by atoms with Crippen LogP contribution < -0.4 is 0 Å². The molecule has 3 aliphatic rings. The van der Waals surface area contributed by atoms with Crippen LogP contribution in [0.5, 0.6) is 0 Å². The van der Waals surface area contributed by atoms with Gasteiger partial charge in [-0.25, -0.2) is 9.67 Å². The predicted octanol–water partition coefficient (Wildman–Crippen LogP) is 4.91. The third kappa shape index (κ3) is 11.7. The maximum atomic E-state index is 14.7. The Balaban J connectivity index is 1.67. The highest BCUT2D eigenvalue weighted by Crippen LogP contribution is 2.41. The second-order valence-corrected chi connectivity index (χ2v) is 17.8. The van der Waals surface area contributed by atoms with Crippen molar-refractivity contribution >= 4 is 29.1 Å². The zero-order valence-electron chi connectivity index (χ0n) is 38.8. The minimum atomic E-state index is -1.39. The van der Waals surface area contributed by atoms with Crippen LogP contribution in [0, 0.1) is 23.7 Å². The highest BCUT2D eigenvalue weighted by Gasteiger charge is 2.54. The Hall–Kier alpha value is -4.23. The number of amides is 1. The third-order valence-corrected chi connectivity index (χ3v) is 12.6.